The van der Waals surface area contributed by atoms with E-state index < -0.39 is 64.3 Å². The highest BCUT2D eigenvalue weighted by Crippen LogP contribution is 2.47. The van der Waals surface area contributed by atoms with Crippen molar-refractivity contribution < 1.29 is 42.7 Å². The molecule has 55 heavy (non-hydrogen) atoms. The lowest BCUT2D eigenvalue weighted by Gasteiger charge is -2.50. The summed E-state index contributed by atoms with van der Waals surface area (Å²) >= 11 is 2.27. The second kappa shape index (κ2) is 16.0. The molecule has 7 rings (SSSR count). The fraction of sp³-hybridized carbons (Fsp3) is 0.333. The smallest absolute Gasteiger partial charge is 0.352 e. The van der Waals surface area contributed by atoms with E-state index in [9.17, 15) is 37.9 Å². The molecule has 1 unspecified atom stereocenters. The lowest BCUT2D eigenvalue weighted by Crippen LogP contribution is -2.71. The van der Waals surface area contributed by atoms with Crippen molar-refractivity contribution in [1.29, 1.82) is 0 Å². The van der Waals surface area contributed by atoms with E-state index in [1.807, 2.05) is 0 Å². The van der Waals surface area contributed by atoms with Gasteiger partial charge in [0.2, 0.25) is 11.8 Å². The van der Waals surface area contributed by atoms with Crippen LogP contribution in [0.25, 0.3) is 0 Å². The zero-order valence-electron chi connectivity index (χ0n) is 28.9. The summed E-state index contributed by atoms with van der Waals surface area (Å²) in [6.45, 7) is 0.253. The molecule has 3 fully saturated rings. The number of hydrogen-bond donors (Lipinski definition) is 5. The van der Waals surface area contributed by atoms with Crippen LogP contribution < -0.4 is 21.7 Å². The zero-order chi connectivity index (χ0) is 38.8. The zero-order valence-corrected chi connectivity index (χ0v) is 30.6. The summed E-state index contributed by atoms with van der Waals surface area (Å²) in [6, 6.07) is 4.98. The Hall–Kier alpha value is -5.69. The molecule has 0 spiro atoms. The van der Waals surface area contributed by atoms with E-state index in [4.69, 9.17) is 10.6 Å². The molecule has 3 aromatic rings. The van der Waals surface area contributed by atoms with Crippen LogP contribution in [0.2, 0.25) is 0 Å². The summed E-state index contributed by atoms with van der Waals surface area (Å²) in [6.07, 6.45) is 6.12. The van der Waals surface area contributed by atoms with Gasteiger partial charge in [-0.15, -0.1) is 23.1 Å². The second-order valence-corrected chi connectivity index (χ2v) is 15.1. The molecule has 1 aromatic carbocycles. The second-order valence-electron chi connectivity index (χ2n) is 13.1. The number of carboxylic acid groups (broad SMARTS) is 1. The van der Waals surface area contributed by atoms with E-state index in [0.717, 1.165) is 54.1 Å². The minimum atomic E-state index is -1.46. The number of thiazole rings is 1. The number of nitrogens with two attached hydrogens (primary N) is 1. The van der Waals surface area contributed by atoms with Crippen LogP contribution in [-0.4, -0.2) is 85.1 Å². The molecular formula is C36H34F2N8O7S2. The van der Waals surface area contributed by atoms with Crippen molar-refractivity contribution in [2.75, 3.05) is 23.3 Å². The van der Waals surface area contributed by atoms with Gasteiger partial charge in [-0.2, -0.15) is 0 Å². The Morgan fingerprint density at radius 3 is 2.55 bits per heavy atom. The Morgan fingerprint density at radius 1 is 1.13 bits per heavy atom. The van der Waals surface area contributed by atoms with Gasteiger partial charge in [-0.25, -0.2) is 18.6 Å². The highest BCUT2D eigenvalue weighted by molar-refractivity contribution is 8.00. The third-order valence-electron chi connectivity index (χ3n) is 9.67. The molecule has 6 N–H and O–H groups in total. The summed E-state index contributed by atoms with van der Waals surface area (Å²) < 4.78 is 27.6. The molecule has 15 nitrogen and oxygen atoms in total. The first kappa shape index (κ1) is 37.6. The monoisotopic (exact) mass is 792 g/mol. The van der Waals surface area contributed by atoms with Gasteiger partial charge in [0.25, 0.3) is 11.8 Å². The van der Waals surface area contributed by atoms with E-state index >= 15 is 0 Å². The maximum Gasteiger partial charge on any atom is 0.352 e. The number of rotatable bonds is 12. The number of carbonyl (C=O) groups is 5. The number of carbonyl (C=O) groups excluding carboxylic acids is 4. The van der Waals surface area contributed by atoms with Crippen molar-refractivity contribution in [1.82, 2.24) is 25.5 Å². The van der Waals surface area contributed by atoms with Crippen LogP contribution in [-0.2, 0) is 28.8 Å². The minimum absolute atomic E-state index is 0.0116. The largest absolute Gasteiger partial charge is 0.477 e. The number of benzene rings is 1. The SMILES string of the molecule is Nc1nc(C(=NOC2CCCC2)C(=O)N[C@@H]2C(=O)N3C(C(=O)O)=C(C(=C4CCNC4=O)C(CC(=O)Nc4ccc(F)c(F)c4)c4ccncc4)CS[C@H]23)cs1. The van der Waals surface area contributed by atoms with Crippen LogP contribution in [0.15, 0.2) is 75.7 Å². The van der Waals surface area contributed by atoms with Crippen molar-refractivity contribution in [2.24, 2.45) is 5.16 Å². The van der Waals surface area contributed by atoms with E-state index in [2.05, 4.69) is 31.1 Å². The third kappa shape index (κ3) is 7.79. The lowest BCUT2D eigenvalue weighted by molar-refractivity contribution is -0.150. The standard InChI is InChI=1S/C36H34F2N8O7S2/c37-23-6-5-18(13-24(23)38)42-26(47)14-21(17-7-10-40-11-8-17)27(20-9-12-41-31(20)48)22-15-54-34-29(33(50)46(34)30(22)35(51)52)44-32(49)28(25-16-55-36(39)43-25)45-53-19-3-1-2-4-19/h5-8,10-11,13,16,19,21,29,34H,1-4,9,12,14-15H2,(H2,39,43)(H,41,48)(H,42,47)(H,44,49)(H,51,52)/t21?,29-,34-/m1/s1. The summed E-state index contributed by atoms with van der Waals surface area (Å²) in [5.74, 6) is -7.26. The number of nitrogen functional groups attached to an aromatic ring is 1. The fourth-order valence-corrected chi connectivity index (χ4v) is 9.00. The van der Waals surface area contributed by atoms with E-state index in [1.54, 1.807) is 17.5 Å². The highest BCUT2D eigenvalue weighted by Gasteiger charge is 2.55. The Morgan fingerprint density at radius 2 is 1.89 bits per heavy atom. The highest BCUT2D eigenvalue weighted by atomic mass is 32.2. The third-order valence-corrected chi connectivity index (χ3v) is 11.6. The first-order valence-electron chi connectivity index (χ1n) is 17.3. The lowest BCUT2D eigenvalue weighted by atomic mass is 9.80. The predicted molar refractivity (Wildman–Crippen MR) is 197 cm³/mol. The number of nitrogens with zero attached hydrogens (tertiary/aromatic N) is 4. The number of oxime groups is 1. The van der Waals surface area contributed by atoms with Crippen LogP contribution in [0.1, 0.15) is 55.7 Å². The average Bonchev–Trinajstić information content (AvgIpc) is 3.95. The topological polar surface area (TPSA) is 218 Å². The van der Waals surface area contributed by atoms with Crippen molar-refractivity contribution in [3.8, 4) is 0 Å². The Bertz CT molecular complexity index is 2160. The van der Waals surface area contributed by atoms with Gasteiger partial charge in [0.05, 0.1) is 0 Å². The number of hydrogen-bond acceptors (Lipinski definition) is 12. The van der Waals surface area contributed by atoms with Crippen molar-refractivity contribution in [3.05, 3.63) is 93.4 Å². The van der Waals surface area contributed by atoms with Crippen molar-refractivity contribution in [2.45, 2.75) is 62.0 Å². The number of carboxylic acids is 1. The van der Waals surface area contributed by atoms with Crippen LogP contribution in [0.3, 0.4) is 0 Å². The number of fused-ring (bicyclic) bond motifs is 1. The number of β-lactam (4-membered cyclic amide) rings is 1. The van der Waals surface area contributed by atoms with Gasteiger partial charge in [0.1, 0.15) is 28.9 Å². The van der Waals surface area contributed by atoms with Crippen molar-refractivity contribution in [3.63, 3.8) is 0 Å². The minimum Gasteiger partial charge on any atom is -0.477 e. The van der Waals surface area contributed by atoms with E-state index in [-0.39, 0.29) is 70.2 Å². The van der Waals surface area contributed by atoms with Crippen LogP contribution >= 0.6 is 23.1 Å². The number of amides is 4. The average molecular weight is 793 g/mol. The number of allylic oxidation sites excluding steroid dienone is 1. The Labute approximate surface area is 320 Å². The fourth-order valence-electron chi connectivity index (χ4n) is 7.09. The molecule has 286 valence electrons. The summed E-state index contributed by atoms with van der Waals surface area (Å²) in [4.78, 5) is 82.5. The van der Waals surface area contributed by atoms with E-state index in [0.29, 0.717) is 5.56 Å². The van der Waals surface area contributed by atoms with Gasteiger partial charge in [0, 0.05) is 59.7 Å². The number of anilines is 2. The molecule has 5 heterocycles. The number of aliphatic carboxylic acids is 1. The molecule has 4 aliphatic rings. The van der Waals surface area contributed by atoms with Crippen LogP contribution in [0, 0.1) is 11.6 Å². The Kier molecular flexibility index (Phi) is 10.9. The molecular weight excluding hydrogens is 759 g/mol. The maximum absolute atomic E-state index is 14.0. The number of thioether (sulfide) groups is 1. The summed E-state index contributed by atoms with van der Waals surface area (Å²) in [5.41, 5.74) is 6.53. The van der Waals surface area contributed by atoms with Gasteiger partial charge in [-0.05, 0) is 73.1 Å². The van der Waals surface area contributed by atoms with Crippen LogP contribution in [0.5, 0.6) is 0 Å². The molecule has 0 bridgehead atoms. The quantitative estimate of drug-likeness (QED) is 0.0775. The number of nitrogens with one attached hydrogen (secondary N) is 3. The Balaban J connectivity index is 1.21. The normalized spacial score (nSPS) is 21.4. The van der Waals surface area contributed by atoms with Gasteiger partial charge in [0.15, 0.2) is 22.5 Å². The van der Waals surface area contributed by atoms with Crippen molar-refractivity contribution >= 4 is 69.2 Å². The van der Waals surface area contributed by atoms with E-state index in [1.165, 1.54) is 30.2 Å². The molecule has 1 saturated carbocycles. The first-order chi connectivity index (χ1) is 26.5. The molecule has 19 heteroatoms. The maximum atomic E-state index is 14.0. The number of pyridine rings is 1. The molecule has 1 aliphatic carbocycles. The molecule has 0 radical (unpaired) electrons. The van der Waals surface area contributed by atoms with Gasteiger partial charge in [-0.1, -0.05) is 5.16 Å². The van der Waals surface area contributed by atoms with Gasteiger partial charge >= 0.3 is 5.97 Å². The number of halogens is 2. The summed E-state index contributed by atoms with van der Waals surface area (Å²) in [7, 11) is 0. The van der Waals surface area contributed by atoms with Gasteiger partial charge < -0.3 is 31.6 Å². The molecule has 2 saturated heterocycles. The molecule has 2 aromatic heterocycles. The molecule has 4 amide bonds. The molecule has 3 aliphatic heterocycles. The number of aromatic nitrogens is 2. The van der Waals surface area contributed by atoms with Crippen LogP contribution in [0.4, 0.5) is 19.6 Å². The molecule has 3 atom stereocenters. The van der Waals surface area contributed by atoms with Gasteiger partial charge in [-0.3, -0.25) is 29.1 Å². The predicted octanol–water partition coefficient (Wildman–Crippen LogP) is 3.43. The first-order valence-corrected chi connectivity index (χ1v) is 19.3. The summed E-state index contributed by atoms with van der Waals surface area (Å²) in [5, 5.41) is 23.7.